The molecule has 2 nitrogen and oxygen atoms in total. The molecule has 1 aliphatic heterocycles. The number of hydrogen-bond acceptors (Lipinski definition) is 2. The lowest BCUT2D eigenvalue weighted by Crippen LogP contribution is -2.18. The second kappa shape index (κ2) is 3.55. The maximum absolute atomic E-state index is 6.25. The van der Waals surface area contributed by atoms with E-state index in [9.17, 15) is 0 Å². The van der Waals surface area contributed by atoms with Crippen molar-refractivity contribution in [3.05, 3.63) is 34.5 Å². The van der Waals surface area contributed by atoms with Crippen LogP contribution in [0.1, 0.15) is 29.2 Å². The van der Waals surface area contributed by atoms with Crippen molar-refractivity contribution in [2.24, 2.45) is 0 Å². The molecule has 0 atom stereocenters. The predicted molar refractivity (Wildman–Crippen MR) is 70.9 cm³/mol. The summed E-state index contributed by atoms with van der Waals surface area (Å²) in [5.41, 5.74) is 14.8. The van der Waals surface area contributed by atoms with E-state index in [1.165, 1.54) is 27.9 Å². The van der Waals surface area contributed by atoms with E-state index in [-0.39, 0.29) is 0 Å². The molecule has 0 spiro atoms. The Labute approximate surface area is 97.8 Å². The molecule has 0 fully saturated rings. The Morgan fingerprint density at radius 1 is 1.19 bits per heavy atom. The SMILES string of the molecule is C=C(C)N1CCc2c(C)c(C)c(C)c(N)c21. The Morgan fingerprint density at radius 2 is 1.81 bits per heavy atom. The quantitative estimate of drug-likeness (QED) is 0.731. The molecule has 16 heavy (non-hydrogen) atoms. The zero-order valence-corrected chi connectivity index (χ0v) is 10.6. The molecule has 0 aliphatic carbocycles. The zero-order chi connectivity index (χ0) is 12.0. The van der Waals surface area contributed by atoms with E-state index in [0.717, 1.165) is 24.4 Å². The highest BCUT2D eigenvalue weighted by molar-refractivity contribution is 5.81. The summed E-state index contributed by atoms with van der Waals surface area (Å²) in [7, 11) is 0. The minimum Gasteiger partial charge on any atom is -0.397 e. The van der Waals surface area contributed by atoms with Crippen molar-refractivity contribution in [2.75, 3.05) is 17.2 Å². The fraction of sp³-hybridized carbons (Fsp3) is 0.429. The van der Waals surface area contributed by atoms with Crippen LogP contribution in [0.15, 0.2) is 12.3 Å². The molecule has 1 aromatic carbocycles. The van der Waals surface area contributed by atoms with Crippen LogP contribution >= 0.6 is 0 Å². The van der Waals surface area contributed by atoms with E-state index in [1.54, 1.807) is 0 Å². The molecule has 86 valence electrons. The van der Waals surface area contributed by atoms with Crippen molar-refractivity contribution in [3.63, 3.8) is 0 Å². The molecule has 1 aromatic rings. The van der Waals surface area contributed by atoms with Crippen LogP contribution in [0.25, 0.3) is 0 Å². The van der Waals surface area contributed by atoms with Crippen LogP contribution in [0.2, 0.25) is 0 Å². The fourth-order valence-electron chi connectivity index (χ4n) is 2.56. The van der Waals surface area contributed by atoms with Gasteiger partial charge in [-0.3, -0.25) is 0 Å². The molecule has 0 amide bonds. The molecular weight excluding hydrogens is 196 g/mol. The normalized spacial score (nSPS) is 14.1. The monoisotopic (exact) mass is 216 g/mol. The first-order chi connectivity index (χ1) is 7.45. The van der Waals surface area contributed by atoms with Crippen LogP contribution in [0.5, 0.6) is 0 Å². The number of allylic oxidation sites excluding steroid dienone is 1. The van der Waals surface area contributed by atoms with Gasteiger partial charge in [0.25, 0.3) is 0 Å². The van der Waals surface area contributed by atoms with Gasteiger partial charge in [0, 0.05) is 12.2 Å². The standard InChI is InChI=1S/C14H20N2/c1-8(2)16-7-6-12-10(4)9(3)11(5)13(15)14(12)16/h1,6-7,15H2,2-5H3. The van der Waals surface area contributed by atoms with Gasteiger partial charge in [-0.15, -0.1) is 0 Å². The molecule has 0 bridgehead atoms. The molecule has 0 aromatic heterocycles. The number of hydrogen-bond donors (Lipinski definition) is 1. The van der Waals surface area contributed by atoms with E-state index in [2.05, 4.69) is 32.3 Å². The molecule has 2 heteroatoms. The first kappa shape index (κ1) is 11.1. The van der Waals surface area contributed by atoms with Gasteiger partial charge in [-0.05, 0) is 56.4 Å². The highest BCUT2D eigenvalue weighted by atomic mass is 15.2. The van der Waals surface area contributed by atoms with Crippen LogP contribution in [0.4, 0.5) is 11.4 Å². The molecule has 2 N–H and O–H groups in total. The summed E-state index contributed by atoms with van der Waals surface area (Å²) in [5.74, 6) is 0. The largest absolute Gasteiger partial charge is 0.397 e. The summed E-state index contributed by atoms with van der Waals surface area (Å²) in [6.07, 6.45) is 1.08. The average molecular weight is 216 g/mol. The van der Waals surface area contributed by atoms with Gasteiger partial charge >= 0.3 is 0 Å². The van der Waals surface area contributed by atoms with E-state index < -0.39 is 0 Å². The highest BCUT2D eigenvalue weighted by Crippen LogP contribution is 2.41. The molecule has 0 radical (unpaired) electrons. The number of nitrogens with zero attached hydrogens (tertiary/aromatic N) is 1. The number of benzene rings is 1. The van der Waals surface area contributed by atoms with Crippen molar-refractivity contribution in [3.8, 4) is 0 Å². The number of nitrogen functional groups attached to an aromatic ring is 1. The molecule has 0 unspecified atom stereocenters. The van der Waals surface area contributed by atoms with Crippen LogP contribution in [-0.4, -0.2) is 6.54 Å². The van der Waals surface area contributed by atoms with Crippen molar-refractivity contribution >= 4 is 11.4 Å². The Balaban J connectivity index is 2.72. The van der Waals surface area contributed by atoms with E-state index in [0.29, 0.717) is 0 Å². The van der Waals surface area contributed by atoms with E-state index in [1.807, 2.05) is 6.92 Å². The molecule has 1 heterocycles. The molecule has 1 aliphatic rings. The zero-order valence-electron chi connectivity index (χ0n) is 10.6. The van der Waals surface area contributed by atoms with E-state index >= 15 is 0 Å². The van der Waals surface area contributed by atoms with Gasteiger partial charge in [0.15, 0.2) is 0 Å². The highest BCUT2D eigenvalue weighted by Gasteiger charge is 2.26. The van der Waals surface area contributed by atoms with Crippen molar-refractivity contribution in [1.82, 2.24) is 0 Å². The predicted octanol–water partition coefficient (Wildman–Crippen LogP) is 3.09. The molecule has 0 saturated heterocycles. The Morgan fingerprint density at radius 3 is 2.38 bits per heavy atom. The minimum absolute atomic E-state index is 0.929. The molecule has 0 saturated carbocycles. The van der Waals surface area contributed by atoms with Crippen LogP contribution in [0, 0.1) is 20.8 Å². The van der Waals surface area contributed by atoms with Crippen molar-refractivity contribution in [1.29, 1.82) is 0 Å². The van der Waals surface area contributed by atoms with E-state index in [4.69, 9.17) is 5.73 Å². The van der Waals surface area contributed by atoms with Crippen LogP contribution in [-0.2, 0) is 6.42 Å². The summed E-state index contributed by atoms with van der Waals surface area (Å²) in [4.78, 5) is 2.24. The summed E-state index contributed by atoms with van der Waals surface area (Å²) in [6.45, 7) is 13.5. The fourth-order valence-corrected chi connectivity index (χ4v) is 2.56. The summed E-state index contributed by atoms with van der Waals surface area (Å²) in [5, 5.41) is 0. The lowest BCUT2D eigenvalue weighted by atomic mass is 9.95. The van der Waals surface area contributed by atoms with Gasteiger partial charge in [-0.25, -0.2) is 0 Å². The third-order valence-electron chi connectivity index (χ3n) is 3.84. The third-order valence-corrected chi connectivity index (χ3v) is 3.84. The Kier molecular flexibility index (Phi) is 2.45. The first-order valence-electron chi connectivity index (χ1n) is 5.76. The van der Waals surface area contributed by atoms with Gasteiger partial charge in [0.1, 0.15) is 0 Å². The molecule has 2 rings (SSSR count). The van der Waals surface area contributed by atoms with Crippen molar-refractivity contribution < 1.29 is 0 Å². The maximum Gasteiger partial charge on any atom is 0.0680 e. The lowest BCUT2D eigenvalue weighted by molar-refractivity contribution is 0.946. The second-order valence-electron chi connectivity index (χ2n) is 4.75. The Bertz CT molecular complexity index is 472. The van der Waals surface area contributed by atoms with Gasteiger partial charge < -0.3 is 10.6 Å². The molecular formula is C14H20N2. The summed E-state index contributed by atoms with van der Waals surface area (Å²) >= 11 is 0. The smallest absolute Gasteiger partial charge is 0.0680 e. The number of nitrogens with two attached hydrogens (primary N) is 1. The minimum atomic E-state index is 0.929. The second-order valence-corrected chi connectivity index (χ2v) is 4.75. The summed E-state index contributed by atoms with van der Waals surface area (Å²) in [6, 6.07) is 0. The topological polar surface area (TPSA) is 29.3 Å². The summed E-state index contributed by atoms with van der Waals surface area (Å²) < 4.78 is 0. The van der Waals surface area contributed by atoms with Gasteiger partial charge in [-0.1, -0.05) is 6.58 Å². The average Bonchev–Trinajstić information content (AvgIpc) is 2.67. The van der Waals surface area contributed by atoms with Gasteiger partial charge in [0.05, 0.1) is 11.4 Å². The Hall–Kier alpha value is -1.44. The van der Waals surface area contributed by atoms with Crippen LogP contribution in [0.3, 0.4) is 0 Å². The van der Waals surface area contributed by atoms with Gasteiger partial charge in [-0.2, -0.15) is 0 Å². The third kappa shape index (κ3) is 1.33. The maximum atomic E-state index is 6.25. The van der Waals surface area contributed by atoms with Gasteiger partial charge in [0.2, 0.25) is 0 Å². The lowest BCUT2D eigenvalue weighted by Gasteiger charge is -2.23. The number of rotatable bonds is 1. The van der Waals surface area contributed by atoms with Crippen LogP contribution < -0.4 is 10.6 Å². The number of fused-ring (bicyclic) bond motifs is 1. The number of anilines is 2. The first-order valence-corrected chi connectivity index (χ1v) is 5.76. The van der Waals surface area contributed by atoms with Crippen molar-refractivity contribution in [2.45, 2.75) is 34.1 Å².